The van der Waals surface area contributed by atoms with Crippen molar-refractivity contribution in [3.05, 3.63) is 29.8 Å². The highest BCUT2D eigenvalue weighted by atomic mass is 16.3. The number of para-hydroxylation sites is 1. The molecule has 3 heteroatoms. The van der Waals surface area contributed by atoms with Crippen molar-refractivity contribution in [1.29, 1.82) is 0 Å². The Morgan fingerprint density at radius 1 is 1.38 bits per heavy atom. The van der Waals surface area contributed by atoms with E-state index in [1.807, 2.05) is 6.07 Å². The normalized spacial score (nSPS) is 14.8. The maximum atomic E-state index is 11.5. The number of nitrogens with one attached hydrogen (secondary N) is 1. The summed E-state index contributed by atoms with van der Waals surface area (Å²) in [4.78, 5) is 11.5. The van der Waals surface area contributed by atoms with Gasteiger partial charge in [-0.25, -0.2) is 0 Å². The molecule has 0 aromatic heterocycles. The van der Waals surface area contributed by atoms with Crippen LogP contribution in [0, 0.1) is 5.92 Å². The summed E-state index contributed by atoms with van der Waals surface area (Å²) in [6.07, 6.45) is 3.98. The Hall–Kier alpha value is -1.51. The second-order valence-corrected chi connectivity index (χ2v) is 4.39. The zero-order valence-corrected chi connectivity index (χ0v) is 9.28. The predicted octanol–water partition coefficient (Wildman–Crippen LogP) is 1.85. The number of phenolic OH excluding ortho intramolecular Hbond substituents is 1. The fourth-order valence-corrected chi connectivity index (χ4v) is 1.72. The molecule has 0 aliphatic heterocycles. The number of amides is 1. The highest BCUT2D eigenvalue weighted by Crippen LogP contribution is 2.31. The molecule has 1 fully saturated rings. The number of hydrogen-bond acceptors (Lipinski definition) is 2. The van der Waals surface area contributed by atoms with Crippen molar-refractivity contribution < 1.29 is 9.90 Å². The summed E-state index contributed by atoms with van der Waals surface area (Å²) in [7, 11) is 0. The summed E-state index contributed by atoms with van der Waals surface area (Å²) in [5, 5.41) is 12.4. The maximum Gasteiger partial charge on any atom is 0.224 e. The number of carbonyl (C=O) groups excluding carboxylic acids is 1. The second kappa shape index (κ2) is 5.01. The maximum absolute atomic E-state index is 11.5. The van der Waals surface area contributed by atoms with Gasteiger partial charge >= 0.3 is 0 Å². The minimum Gasteiger partial charge on any atom is -0.508 e. The predicted molar refractivity (Wildman–Crippen MR) is 62.2 cm³/mol. The fraction of sp³-hybridized carbons (Fsp3) is 0.462. The molecule has 1 aliphatic carbocycles. The lowest BCUT2D eigenvalue weighted by molar-refractivity contribution is -0.120. The van der Waals surface area contributed by atoms with E-state index in [9.17, 15) is 9.90 Å². The Bertz CT molecular complexity index is 372. The van der Waals surface area contributed by atoms with Gasteiger partial charge in [0.1, 0.15) is 5.75 Å². The van der Waals surface area contributed by atoms with Crippen LogP contribution in [0.3, 0.4) is 0 Å². The van der Waals surface area contributed by atoms with Gasteiger partial charge in [0.15, 0.2) is 0 Å². The van der Waals surface area contributed by atoms with Gasteiger partial charge in [0, 0.05) is 12.1 Å². The van der Waals surface area contributed by atoms with Crippen molar-refractivity contribution in [3.8, 4) is 5.75 Å². The molecule has 2 rings (SSSR count). The van der Waals surface area contributed by atoms with Crippen LogP contribution in [0.15, 0.2) is 24.3 Å². The van der Waals surface area contributed by atoms with Crippen molar-refractivity contribution in [2.45, 2.75) is 25.7 Å². The standard InChI is InChI=1S/C13H17NO2/c15-12-4-2-1-3-11(12)9-13(16)14-8-7-10-5-6-10/h1-4,10,15H,5-9H2,(H,14,16). The molecular weight excluding hydrogens is 202 g/mol. The van der Waals surface area contributed by atoms with Crippen molar-refractivity contribution in [1.82, 2.24) is 5.32 Å². The van der Waals surface area contributed by atoms with Gasteiger partial charge in [-0.2, -0.15) is 0 Å². The van der Waals surface area contributed by atoms with Gasteiger partial charge in [-0.1, -0.05) is 31.0 Å². The highest BCUT2D eigenvalue weighted by molar-refractivity contribution is 5.79. The van der Waals surface area contributed by atoms with Crippen molar-refractivity contribution >= 4 is 5.91 Å². The van der Waals surface area contributed by atoms with Crippen LogP contribution < -0.4 is 5.32 Å². The molecule has 1 amide bonds. The van der Waals surface area contributed by atoms with Crippen LogP contribution in [-0.4, -0.2) is 17.6 Å². The number of aromatic hydroxyl groups is 1. The van der Waals surface area contributed by atoms with Gasteiger partial charge < -0.3 is 10.4 Å². The largest absolute Gasteiger partial charge is 0.508 e. The first kappa shape index (κ1) is 11.0. The quantitative estimate of drug-likeness (QED) is 0.794. The molecule has 0 atom stereocenters. The molecule has 3 nitrogen and oxygen atoms in total. The number of carbonyl (C=O) groups is 1. The topological polar surface area (TPSA) is 49.3 Å². The lowest BCUT2D eigenvalue weighted by atomic mass is 10.1. The third-order valence-corrected chi connectivity index (χ3v) is 2.91. The van der Waals surface area contributed by atoms with Crippen molar-refractivity contribution in [2.24, 2.45) is 5.92 Å². The summed E-state index contributed by atoms with van der Waals surface area (Å²) in [5.74, 6) is 1.02. The second-order valence-electron chi connectivity index (χ2n) is 4.39. The number of phenols is 1. The third kappa shape index (κ3) is 3.26. The Kier molecular flexibility index (Phi) is 3.44. The SMILES string of the molecule is O=C(Cc1ccccc1O)NCCC1CC1. The smallest absolute Gasteiger partial charge is 0.224 e. The van der Waals surface area contributed by atoms with Crippen LogP contribution >= 0.6 is 0 Å². The summed E-state index contributed by atoms with van der Waals surface area (Å²) < 4.78 is 0. The molecule has 1 aromatic rings. The van der Waals surface area contributed by atoms with Crippen LogP contribution in [0.2, 0.25) is 0 Å². The summed E-state index contributed by atoms with van der Waals surface area (Å²) in [5.41, 5.74) is 0.687. The molecule has 0 bridgehead atoms. The summed E-state index contributed by atoms with van der Waals surface area (Å²) >= 11 is 0. The van der Waals surface area contributed by atoms with E-state index in [4.69, 9.17) is 0 Å². The van der Waals surface area contributed by atoms with E-state index in [1.54, 1.807) is 18.2 Å². The minimum absolute atomic E-state index is 0.0119. The third-order valence-electron chi connectivity index (χ3n) is 2.91. The lowest BCUT2D eigenvalue weighted by Gasteiger charge is -2.05. The first-order chi connectivity index (χ1) is 7.75. The average Bonchev–Trinajstić information content (AvgIpc) is 3.05. The van der Waals surface area contributed by atoms with Crippen LogP contribution in [0.5, 0.6) is 5.75 Å². The zero-order valence-electron chi connectivity index (χ0n) is 9.28. The molecule has 0 radical (unpaired) electrons. The summed E-state index contributed by atoms with van der Waals surface area (Å²) in [6.45, 7) is 0.761. The Labute approximate surface area is 95.5 Å². The molecular formula is C13H17NO2. The van der Waals surface area contributed by atoms with Crippen LogP contribution in [0.25, 0.3) is 0 Å². The van der Waals surface area contributed by atoms with Gasteiger partial charge in [0.25, 0.3) is 0 Å². The fourth-order valence-electron chi connectivity index (χ4n) is 1.72. The number of hydrogen-bond donors (Lipinski definition) is 2. The molecule has 1 aliphatic rings. The highest BCUT2D eigenvalue weighted by Gasteiger charge is 2.20. The average molecular weight is 219 g/mol. The van der Waals surface area contributed by atoms with E-state index in [0.717, 1.165) is 18.9 Å². The first-order valence-corrected chi connectivity index (χ1v) is 5.79. The van der Waals surface area contributed by atoms with E-state index in [-0.39, 0.29) is 18.1 Å². The Morgan fingerprint density at radius 2 is 2.12 bits per heavy atom. The monoisotopic (exact) mass is 219 g/mol. The molecule has 0 heterocycles. The molecule has 86 valence electrons. The molecule has 1 aromatic carbocycles. The summed E-state index contributed by atoms with van der Waals surface area (Å²) in [6, 6.07) is 6.96. The van der Waals surface area contributed by atoms with E-state index in [2.05, 4.69) is 5.32 Å². The van der Waals surface area contributed by atoms with Crippen molar-refractivity contribution in [3.63, 3.8) is 0 Å². The molecule has 0 saturated heterocycles. The van der Waals surface area contributed by atoms with Gasteiger partial charge in [-0.15, -0.1) is 0 Å². The van der Waals surface area contributed by atoms with Gasteiger partial charge in [-0.3, -0.25) is 4.79 Å². The minimum atomic E-state index is -0.0119. The Balaban J connectivity index is 1.75. The van der Waals surface area contributed by atoms with Gasteiger partial charge in [0.2, 0.25) is 5.91 Å². The van der Waals surface area contributed by atoms with Crippen LogP contribution in [0.4, 0.5) is 0 Å². The zero-order chi connectivity index (χ0) is 11.4. The first-order valence-electron chi connectivity index (χ1n) is 5.79. The molecule has 1 saturated carbocycles. The Morgan fingerprint density at radius 3 is 2.81 bits per heavy atom. The van der Waals surface area contributed by atoms with E-state index < -0.39 is 0 Å². The molecule has 0 spiro atoms. The molecule has 2 N–H and O–H groups in total. The van der Waals surface area contributed by atoms with E-state index in [1.165, 1.54) is 12.8 Å². The van der Waals surface area contributed by atoms with Gasteiger partial charge in [0.05, 0.1) is 6.42 Å². The molecule has 0 unspecified atom stereocenters. The van der Waals surface area contributed by atoms with Crippen molar-refractivity contribution in [2.75, 3.05) is 6.54 Å². The van der Waals surface area contributed by atoms with E-state index in [0.29, 0.717) is 5.56 Å². The lowest BCUT2D eigenvalue weighted by Crippen LogP contribution is -2.26. The number of rotatable bonds is 5. The van der Waals surface area contributed by atoms with Crippen LogP contribution in [0.1, 0.15) is 24.8 Å². The number of benzene rings is 1. The van der Waals surface area contributed by atoms with Crippen LogP contribution in [-0.2, 0) is 11.2 Å². The molecule has 16 heavy (non-hydrogen) atoms. The van der Waals surface area contributed by atoms with Gasteiger partial charge in [-0.05, 0) is 18.4 Å². The van der Waals surface area contributed by atoms with E-state index >= 15 is 0 Å².